The number of nitrogens with zero attached hydrogens (tertiary/aromatic N) is 1. The normalized spacial score (nSPS) is 11.8. The molecule has 34 heavy (non-hydrogen) atoms. The number of carbonyl (C=O) groups excluding carboxylic acids is 1. The molecule has 4 rings (SSSR count). The maximum atomic E-state index is 12.7. The highest BCUT2D eigenvalue weighted by atomic mass is 32.1. The minimum absolute atomic E-state index is 0.0723. The number of rotatable bonds is 6. The zero-order chi connectivity index (χ0) is 24.2. The van der Waals surface area contributed by atoms with Gasteiger partial charge in [-0.05, 0) is 99.1 Å². The van der Waals surface area contributed by atoms with E-state index in [2.05, 4.69) is 41.6 Å². The van der Waals surface area contributed by atoms with Crippen LogP contribution in [0.3, 0.4) is 0 Å². The molecule has 0 fully saturated rings. The number of hydrogen-bond acceptors (Lipinski definition) is 5. The molecule has 1 unspecified atom stereocenters. The number of aryl methyl sites for hydroxylation is 2. The lowest BCUT2D eigenvalue weighted by Gasteiger charge is -2.14. The van der Waals surface area contributed by atoms with Crippen LogP contribution in [0.5, 0.6) is 5.75 Å². The number of anilines is 1. The quantitative estimate of drug-likeness (QED) is 0.315. The number of amides is 1. The molecule has 3 aromatic carbocycles. The topological polar surface area (TPSA) is 76.4 Å². The summed E-state index contributed by atoms with van der Waals surface area (Å²) >= 11 is 5.35. The maximum Gasteiger partial charge on any atom is 0.257 e. The predicted molar refractivity (Wildman–Crippen MR) is 139 cm³/mol. The summed E-state index contributed by atoms with van der Waals surface area (Å²) in [5, 5.41) is 5.94. The van der Waals surface area contributed by atoms with Gasteiger partial charge in [0.2, 0.25) is 5.89 Å². The molecule has 174 valence electrons. The van der Waals surface area contributed by atoms with E-state index in [1.165, 1.54) is 11.1 Å². The third-order valence-corrected chi connectivity index (χ3v) is 5.84. The molecule has 2 N–H and O–H groups in total. The van der Waals surface area contributed by atoms with Gasteiger partial charge in [0, 0.05) is 16.8 Å². The van der Waals surface area contributed by atoms with Gasteiger partial charge in [-0.2, -0.15) is 0 Å². The van der Waals surface area contributed by atoms with Crippen LogP contribution in [0.4, 0.5) is 5.69 Å². The molecule has 0 aliphatic rings. The number of ether oxygens (including phenoxy) is 1. The zero-order valence-electron chi connectivity index (χ0n) is 19.6. The molecule has 0 aliphatic heterocycles. The van der Waals surface area contributed by atoms with Gasteiger partial charge in [-0.15, -0.1) is 0 Å². The first kappa shape index (κ1) is 23.4. The Bertz CT molecular complexity index is 1360. The van der Waals surface area contributed by atoms with E-state index in [0.717, 1.165) is 12.0 Å². The Kier molecular flexibility index (Phi) is 6.93. The van der Waals surface area contributed by atoms with Gasteiger partial charge in [-0.25, -0.2) is 4.98 Å². The van der Waals surface area contributed by atoms with Crippen molar-refractivity contribution in [2.24, 2.45) is 0 Å². The first-order chi connectivity index (χ1) is 16.3. The van der Waals surface area contributed by atoms with Crippen molar-refractivity contribution in [3.8, 4) is 17.2 Å². The Balaban J connectivity index is 1.44. The van der Waals surface area contributed by atoms with E-state index in [1.807, 2.05) is 44.2 Å². The Morgan fingerprint density at radius 2 is 1.91 bits per heavy atom. The smallest absolute Gasteiger partial charge is 0.257 e. The molecule has 4 aromatic rings. The van der Waals surface area contributed by atoms with E-state index < -0.39 is 0 Å². The summed E-state index contributed by atoms with van der Waals surface area (Å²) in [4.78, 5) is 17.3. The van der Waals surface area contributed by atoms with Gasteiger partial charge >= 0.3 is 0 Å². The van der Waals surface area contributed by atoms with Crippen LogP contribution >= 0.6 is 12.2 Å². The zero-order valence-corrected chi connectivity index (χ0v) is 20.5. The molecule has 0 bridgehead atoms. The Hall–Kier alpha value is -3.71. The summed E-state index contributed by atoms with van der Waals surface area (Å²) in [6, 6.07) is 18.7. The van der Waals surface area contributed by atoms with Gasteiger partial charge in [-0.3, -0.25) is 10.1 Å². The summed E-state index contributed by atoms with van der Waals surface area (Å²) in [5.41, 5.74) is 5.86. The average molecular weight is 474 g/mol. The maximum absolute atomic E-state index is 12.7. The largest absolute Gasteiger partial charge is 0.491 e. The Morgan fingerprint density at radius 1 is 1.09 bits per heavy atom. The number of hydrogen-bond donors (Lipinski definition) is 2. The van der Waals surface area contributed by atoms with Crippen molar-refractivity contribution in [2.75, 3.05) is 5.32 Å². The second kappa shape index (κ2) is 10.1. The van der Waals surface area contributed by atoms with E-state index in [4.69, 9.17) is 21.4 Å². The highest BCUT2D eigenvalue weighted by Crippen LogP contribution is 2.27. The molecular formula is C27H27N3O3S. The summed E-state index contributed by atoms with van der Waals surface area (Å²) < 4.78 is 11.7. The van der Waals surface area contributed by atoms with Crippen molar-refractivity contribution in [1.29, 1.82) is 0 Å². The highest BCUT2D eigenvalue weighted by molar-refractivity contribution is 7.80. The number of thiocarbonyl (C=S) groups is 1. The fourth-order valence-electron chi connectivity index (χ4n) is 3.37. The molecule has 0 saturated heterocycles. The molecule has 0 saturated carbocycles. The van der Waals surface area contributed by atoms with Crippen LogP contribution in [-0.4, -0.2) is 22.1 Å². The number of nitrogens with one attached hydrogen (secondary N) is 2. The number of fused-ring (bicyclic) bond motifs is 1. The van der Waals surface area contributed by atoms with Crippen molar-refractivity contribution < 1.29 is 13.9 Å². The van der Waals surface area contributed by atoms with E-state index >= 15 is 0 Å². The summed E-state index contributed by atoms with van der Waals surface area (Å²) in [7, 11) is 0. The third kappa shape index (κ3) is 5.43. The predicted octanol–water partition coefficient (Wildman–Crippen LogP) is 6.42. The molecule has 1 atom stereocenters. The molecule has 0 aliphatic carbocycles. The monoisotopic (exact) mass is 473 g/mol. The van der Waals surface area contributed by atoms with Gasteiger partial charge in [0.25, 0.3) is 5.91 Å². The van der Waals surface area contributed by atoms with Crippen LogP contribution in [0.15, 0.2) is 65.1 Å². The van der Waals surface area contributed by atoms with Gasteiger partial charge < -0.3 is 14.5 Å². The van der Waals surface area contributed by atoms with Crippen LogP contribution < -0.4 is 15.4 Å². The molecule has 0 spiro atoms. The lowest BCUT2D eigenvalue weighted by Crippen LogP contribution is -2.34. The highest BCUT2D eigenvalue weighted by Gasteiger charge is 2.13. The lowest BCUT2D eigenvalue weighted by molar-refractivity contribution is 0.0977. The first-order valence-electron chi connectivity index (χ1n) is 11.2. The van der Waals surface area contributed by atoms with Crippen molar-refractivity contribution in [3.05, 3.63) is 77.4 Å². The summed E-state index contributed by atoms with van der Waals surface area (Å²) in [6.07, 6.45) is 0.954. The minimum Gasteiger partial charge on any atom is -0.491 e. The van der Waals surface area contributed by atoms with Gasteiger partial charge in [0.1, 0.15) is 11.3 Å². The fraction of sp³-hybridized carbons (Fsp3) is 0.222. The second-order valence-corrected chi connectivity index (χ2v) is 8.68. The minimum atomic E-state index is -0.313. The van der Waals surface area contributed by atoms with Crippen molar-refractivity contribution in [1.82, 2.24) is 10.3 Å². The van der Waals surface area contributed by atoms with E-state index in [-0.39, 0.29) is 17.1 Å². The van der Waals surface area contributed by atoms with E-state index in [9.17, 15) is 4.79 Å². The van der Waals surface area contributed by atoms with Crippen LogP contribution in [0.2, 0.25) is 0 Å². The first-order valence-corrected chi connectivity index (χ1v) is 11.6. The van der Waals surface area contributed by atoms with Crippen LogP contribution in [0.1, 0.15) is 41.8 Å². The standard InChI is InChI=1S/C27H27N3O3S/c1-5-18(4)32-22-8-6-7-19(14-22)25(31)30-27(34)28-21-11-12-24-23(15-21)29-26(33-24)20-10-9-16(2)17(3)13-20/h6-15,18H,5H2,1-4H3,(H2,28,30,31,34). The Morgan fingerprint density at radius 3 is 2.68 bits per heavy atom. The van der Waals surface area contributed by atoms with Gasteiger partial charge in [0.05, 0.1) is 6.10 Å². The molecular weight excluding hydrogens is 446 g/mol. The third-order valence-electron chi connectivity index (χ3n) is 5.63. The lowest BCUT2D eigenvalue weighted by atomic mass is 10.1. The number of oxazole rings is 1. The van der Waals surface area contributed by atoms with Crippen molar-refractivity contribution in [2.45, 2.75) is 40.2 Å². The molecule has 7 heteroatoms. The molecule has 1 aromatic heterocycles. The van der Waals surface area contributed by atoms with Crippen LogP contribution in [0, 0.1) is 13.8 Å². The van der Waals surface area contributed by atoms with Crippen LogP contribution in [-0.2, 0) is 0 Å². The van der Waals surface area contributed by atoms with Crippen molar-refractivity contribution in [3.63, 3.8) is 0 Å². The van der Waals surface area contributed by atoms with Gasteiger partial charge in [-0.1, -0.05) is 19.1 Å². The summed E-state index contributed by atoms with van der Waals surface area (Å²) in [6.45, 7) is 8.17. The van der Waals surface area contributed by atoms with Crippen molar-refractivity contribution >= 4 is 40.0 Å². The second-order valence-electron chi connectivity index (χ2n) is 8.27. The van der Waals surface area contributed by atoms with Gasteiger partial charge in [0.15, 0.2) is 10.7 Å². The fourth-order valence-corrected chi connectivity index (χ4v) is 3.58. The molecule has 0 radical (unpaired) electrons. The summed E-state index contributed by atoms with van der Waals surface area (Å²) in [5.74, 6) is 0.897. The van der Waals surface area contributed by atoms with E-state index in [1.54, 1.807) is 18.2 Å². The average Bonchev–Trinajstić information content (AvgIpc) is 3.24. The molecule has 6 nitrogen and oxygen atoms in total. The Labute approximate surface area is 204 Å². The van der Waals surface area contributed by atoms with E-state index in [0.29, 0.717) is 34.0 Å². The molecule has 1 amide bonds. The number of benzene rings is 3. The number of carbonyl (C=O) groups is 1. The SMILES string of the molecule is CCC(C)Oc1cccc(C(=O)NC(=S)Nc2ccc3oc(-c4ccc(C)c(C)c4)nc3c2)c1. The van der Waals surface area contributed by atoms with Crippen LogP contribution in [0.25, 0.3) is 22.6 Å². The number of aromatic nitrogens is 1. The molecule has 1 heterocycles.